The topological polar surface area (TPSA) is 116 Å². The summed E-state index contributed by atoms with van der Waals surface area (Å²) in [4.78, 5) is 8.11. The molecule has 0 saturated carbocycles. The first-order valence-corrected chi connectivity index (χ1v) is 6.21. The van der Waals surface area contributed by atoms with Crippen molar-refractivity contribution in [2.75, 3.05) is 19.5 Å². The summed E-state index contributed by atoms with van der Waals surface area (Å²) in [6.07, 6.45) is 0.329. The van der Waals surface area contributed by atoms with E-state index in [0.29, 0.717) is 16.9 Å². The summed E-state index contributed by atoms with van der Waals surface area (Å²) in [6, 6.07) is 1.78. The van der Waals surface area contributed by atoms with Crippen LogP contribution in [0.5, 0.6) is 0 Å². The lowest BCUT2D eigenvalue weighted by atomic mass is 10.1. The van der Waals surface area contributed by atoms with Crippen molar-refractivity contribution in [3.63, 3.8) is 0 Å². The Balaban J connectivity index is 2.04. The highest BCUT2D eigenvalue weighted by atomic mass is 16.6. The molecule has 0 aliphatic carbocycles. The summed E-state index contributed by atoms with van der Waals surface area (Å²) in [7, 11) is 1.49. The predicted molar refractivity (Wildman–Crippen MR) is 69.7 cm³/mol. The van der Waals surface area contributed by atoms with Gasteiger partial charge in [-0.15, -0.1) is 0 Å². The Morgan fingerprint density at radius 3 is 3.00 bits per heavy atom. The van der Waals surface area contributed by atoms with Crippen LogP contribution in [0.1, 0.15) is 6.23 Å². The lowest BCUT2D eigenvalue weighted by Gasteiger charge is -2.20. The zero-order valence-corrected chi connectivity index (χ0v) is 10.9. The number of aliphatic hydroxyl groups excluding tert-OH is 2. The third-order valence-electron chi connectivity index (χ3n) is 3.58. The molecule has 8 nitrogen and oxygen atoms in total. The fraction of sp³-hybridized carbons (Fsp3) is 0.500. The highest BCUT2D eigenvalue weighted by Crippen LogP contribution is 2.34. The molecule has 4 unspecified atom stereocenters. The highest BCUT2D eigenvalue weighted by Gasteiger charge is 2.45. The van der Waals surface area contributed by atoms with Gasteiger partial charge in [0.2, 0.25) is 0 Å². The van der Waals surface area contributed by atoms with Gasteiger partial charge in [0.15, 0.2) is 6.23 Å². The fourth-order valence-electron chi connectivity index (χ4n) is 2.54. The second-order valence-corrected chi connectivity index (χ2v) is 4.66. The minimum absolute atomic E-state index is 0.284. The van der Waals surface area contributed by atoms with Crippen LogP contribution in [-0.2, 0) is 9.47 Å². The number of nitrogen functional groups attached to an aromatic ring is 1. The van der Waals surface area contributed by atoms with Crippen molar-refractivity contribution in [3.05, 3.63) is 18.6 Å². The second kappa shape index (κ2) is 4.98. The lowest BCUT2D eigenvalue weighted by Crippen LogP contribution is -2.34. The fourth-order valence-corrected chi connectivity index (χ4v) is 2.54. The number of hydrogen-bond acceptors (Lipinski definition) is 7. The van der Waals surface area contributed by atoms with Crippen LogP contribution in [0.25, 0.3) is 11.0 Å². The monoisotopic (exact) mass is 280 g/mol. The molecule has 1 aliphatic heterocycles. The van der Waals surface area contributed by atoms with Gasteiger partial charge in [0.25, 0.3) is 0 Å². The largest absolute Gasteiger partial charge is 0.394 e. The summed E-state index contributed by atoms with van der Waals surface area (Å²) < 4.78 is 12.7. The third kappa shape index (κ3) is 1.85. The highest BCUT2D eigenvalue weighted by molar-refractivity contribution is 5.86. The van der Waals surface area contributed by atoms with Crippen LogP contribution in [0.2, 0.25) is 0 Å². The van der Waals surface area contributed by atoms with Crippen LogP contribution in [0.3, 0.4) is 0 Å². The maximum absolute atomic E-state index is 10.1. The predicted octanol–water partition coefficient (Wildman–Crippen LogP) is -0.721. The number of rotatable bonds is 3. The summed E-state index contributed by atoms with van der Waals surface area (Å²) in [5.41, 5.74) is 6.38. The molecule has 4 atom stereocenters. The molecule has 108 valence electrons. The average Bonchev–Trinajstić information content (AvgIpc) is 3.00. The van der Waals surface area contributed by atoms with Crippen LogP contribution in [0.4, 0.5) is 5.82 Å². The van der Waals surface area contributed by atoms with Crippen molar-refractivity contribution >= 4 is 16.9 Å². The van der Waals surface area contributed by atoms with E-state index >= 15 is 0 Å². The number of nitrogens with zero attached hydrogens (tertiary/aromatic N) is 3. The van der Waals surface area contributed by atoms with E-state index in [4.69, 9.17) is 15.2 Å². The molecule has 1 fully saturated rings. The Kier molecular flexibility index (Phi) is 3.30. The molecule has 1 saturated heterocycles. The molecule has 0 amide bonds. The van der Waals surface area contributed by atoms with Crippen LogP contribution in [-0.4, -0.2) is 56.8 Å². The molecule has 4 N–H and O–H groups in total. The number of aromatic nitrogens is 3. The van der Waals surface area contributed by atoms with E-state index in [2.05, 4.69) is 9.97 Å². The maximum atomic E-state index is 10.1. The summed E-state index contributed by atoms with van der Waals surface area (Å²) in [6.45, 7) is -0.284. The van der Waals surface area contributed by atoms with Gasteiger partial charge in [-0.1, -0.05) is 0 Å². The van der Waals surface area contributed by atoms with Gasteiger partial charge < -0.3 is 30.0 Å². The van der Waals surface area contributed by atoms with Crippen LogP contribution >= 0.6 is 0 Å². The molecule has 1 aliphatic rings. The minimum atomic E-state index is -0.911. The van der Waals surface area contributed by atoms with E-state index in [1.165, 1.54) is 13.4 Å². The Morgan fingerprint density at radius 1 is 1.50 bits per heavy atom. The molecule has 0 aromatic carbocycles. The maximum Gasteiger partial charge on any atom is 0.164 e. The van der Waals surface area contributed by atoms with E-state index < -0.39 is 24.5 Å². The standard InChI is InChI=1S/C12H16N4O4/c1-19-9-8(18)7(4-17)20-12(9)16-3-2-6-10(13)14-5-15-11(6)16/h2-3,5,7-9,12,17-18H,4H2,1H3,(H2,13,14,15). The van der Waals surface area contributed by atoms with Crippen molar-refractivity contribution in [2.24, 2.45) is 0 Å². The number of aliphatic hydroxyl groups is 2. The first-order valence-electron chi connectivity index (χ1n) is 6.21. The Bertz CT molecular complexity index is 617. The first kappa shape index (κ1) is 13.3. The minimum Gasteiger partial charge on any atom is -0.394 e. The van der Waals surface area contributed by atoms with Gasteiger partial charge in [-0.2, -0.15) is 0 Å². The number of methoxy groups -OCH3 is 1. The number of ether oxygens (including phenoxy) is 2. The third-order valence-corrected chi connectivity index (χ3v) is 3.58. The SMILES string of the molecule is COC1C(O)C(CO)OC1n1ccc2c(N)ncnc21. The molecule has 3 rings (SSSR count). The van der Waals surface area contributed by atoms with Crippen molar-refractivity contribution in [3.8, 4) is 0 Å². The summed E-state index contributed by atoms with van der Waals surface area (Å²) in [5.74, 6) is 0.375. The summed E-state index contributed by atoms with van der Waals surface area (Å²) in [5, 5.41) is 20.0. The van der Waals surface area contributed by atoms with Crippen LogP contribution < -0.4 is 5.73 Å². The van der Waals surface area contributed by atoms with E-state index in [9.17, 15) is 10.2 Å². The number of hydrogen-bond donors (Lipinski definition) is 3. The van der Waals surface area contributed by atoms with Gasteiger partial charge in [-0.3, -0.25) is 0 Å². The number of nitrogens with two attached hydrogens (primary N) is 1. The second-order valence-electron chi connectivity index (χ2n) is 4.66. The lowest BCUT2D eigenvalue weighted by molar-refractivity contribution is -0.0580. The Hall–Kier alpha value is -1.74. The van der Waals surface area contributed by atoms with Gasteiger partial charge >= 0.3 is 0 Å². The van der Waals surface area contributed by atoms with Crippen LogP contribution in [0, 0.1) is 0 Å². The van der Waals surface area contributed by atoms with Crippen LogP contribution in [0.15, 0.2) is 18.6 Å². The van der Waals surface area contributed by atoms with E-state index in [1.54, 1.807) is 16.8 Å². The van der Waals surface area contributed by atoms with Crippen molar-refractivity contribution in [1.82, 2.24) is 14.5 Å². The van der Waals surface area contributed by atoms with Gasteiger partial charge in [-0.25, -0.2) is 9.97 Å². The zero-order chi connectivity index (χ0) is 14.3. The summed E-state index contributed by atoms with van der Waals surface area (Å²) >= 11 is 0. The molecular weight excluding hydrogens is 264 g/mol. The Labute approximate surface area is 114 Å². The van der Waals surface area contributed by atoms with E-state index in [1.807, 2.05) is 0 Å². The molecule has 0 spiro atoms. The van der Waals surface area contributed by atoms with Crippen molar-refractivity contribution < 1.29 is 19.7 Å². The molecule has 8 heteroatoms. The van der Waals surface area contributed by atoms with Gasteiger partial charge in [-0.05, 0) is 6.07 Å². The normalized spacial score (nSPS) is 30.1. The van der Waals surface area contributed by atoms with Crippen molar-refractivity contribution in [1.29, 1.82) is 0 Å². The molecule has 2 aromatic heterocycles. The van der Waals surface area contributed by atoms with Gasteiger partial charge in [0, 0.05) is 13.3 Å². The smallest absolute Gasteiger partial charge is 0.164 e. The molecule has 0 radical (unpaired) electrons. The molecule has 20 heavy (non-hydrogen) atoms. The van der Waals surface area contributed by atoms with Gasteiger partial charge in [0.1, 0.15) is 36.1 Å². The zero-order valence-electron chi connectivity index (χ0n) is 10.9. The van der Waals surface area contributed by atoms with Crippen molar-refractivity contribution in [2.45, 2.75) is 24.5 Å². The van der Waals surface area contributed by atoms with E-state index in [0.717, 1.165) is 0 Å². The first-order chi connectivity index (χ1) is 9.67. The van der Waals surface area contributed by atoms with E-state index in [-0.39, 0.29) is 6.61 Å². The molecule has 2 aromatic rings. The molecule has 0 bridgehead atoms. The Morgan fingerprint density at radius 2 is 2.30 bits per heavy atom. The number of anilines is 1. The average molecular weight is 280 g/mol. The number of fused-ring (bicyclic) bond motifs is 1. The molecular formula is C12H16N4O4. The quantitative estimate of drug-likeness (QED) is 0.679. The molecule has 3 heterocycles. The van der Waals surface area contributed by atoms with Gasteiger partial charge in [0.05, 0.1) is 12.0 Å².